The summed E-state index contributed by atoms with van der Waals surface area (Å²) < 4.78 is 14.0. The predicted molar refractivity (Wildman–Crippen MR) is 144 cm³/mol. The van der Waals surface area contributed by atoms with Crippen molar-refractivity contribution in [3.8, 4) is 11.4 Å². The number of rotatable bonds is 5. The van der Waals surface area contributed by atoms with E-state index < -0.39 is 7.12 Å². The lowest BCUT2D eigenvalue weighted by molar-refractivity contribution is 0.122. The van der Waals surface area contributed by atoms with E-state index in [2.05, 4.69) is 36.4 Å². The number of imidazole rings is 1. The Morgan fingerprint density at radius 3 is 2.23 bits per heavy atom. The highest BCUT2D eigenvalue weighted by molar-refractivity contribution is 9.10. The second-order valence-corrected chi connectivity index (χ2v) is 9.39. The van der Waals surface area contributed by atoms with Gasteiger partial charge < -0.3 is 24.4 Å². The van der Waals surface area contributed by atoms with E-state index in [9.17, 15) is 0 Å². The molecule has 35 heavy (non-hydrogen) atoms. The van der Waals surface area contributed by atoms with Crippen LogP contribution in [0.1, 0.15) is 13.8 Å². The van der Waals surface area contributed by atoms with Crippen LogP contribution in [0.3, 0.4) is 0 Å². The molecule has 1 aliphatic rings. The normalized spacial score (nSPS) is 13.5. The van der Waals surface area contributed by atoms with Crippen molar-refractivity contribution in [2.75, 3.05) is 31.2 Å². The summed E-state index contributed by atoms with van der Waals surface area (Å²) in [4.78, 5) is 6.64. The van der Waals surface area contributed by atoms with Gasteiger partial charge in [0.2, 0.25) is 0 Å². The van der Waals surface area contributed by atoms with Crippen LogP contribution in [0.5, 0.6) is 5.75 Å². The predicted octanol–water partition coefficient (Wildman–Crippen LogP) is 3.78. The first-order chi connectivity index (χ1) is 16.9. The number of aromatic nitrogens is 2. The van der Waals surface area contributed by atoms with Crippen molar-refractivity contribution in [2.24, 2.45) is 0 Å². The van der Waals surface area contributed by atoms with Gasteiger partial charge in [0.05, 0.1) is 30.4 Å². The molecule has 7 nitrogen and oxygen atoms in total. The number of ether oxygens (including phenoxy) is 2. The Kier molecular flexibility index (Phi) is 8.46. The number of anilines is 1. The van der Waals surface area contributed by atoms with Gasteiger partial charge in [-0.15, -0.1) is 0 Å². The molecule has 1 aliphatic heterocycles. The molecule has 0 aliphatic carbocycles. The average molecular weight is 538 g/mol. The topological polar surface area (TPSA) is 80.0 Å². The van der Waals surface area contributed by atoms with Gasteiger partial charge in [-0.3, -0.25) is 4.57 Å². The van der Waals surface area contributed by atoms with Gasteiger partial charge in [-0.25, -0.2) is 4.98 Å². The zero-order valence-corrected chi connectivity index (χ0v) is 21.4. The van der Waals surface area contributed by atoms with Crippen molar-refractivity contribution in [1.82, 2.24) is 9.55 Å². The fraction of sp³-hybridized carbons (Fsp3) is 0.269. The first-order valence-corrected chi connectivity index (χ1v) is 12.4. The van der Waals surface area contributed by atoms with Crippen LogP contribution in [0.2, 0.25) is 0 Å². The lowest BCUT2D eigenvalue weighted by Gasteiger charge is -2.28. The number of hydrogen-bond acceptors (Lipinski definition) is 6. The number of halogens is 1. The maximum Gasteiger partial charge on any atom is 0.488 e. The second kappa shape index (κ2) is 11.7. The number of benzene rings is 3. The van der Waals surface area contributed by atoms with E-state index in [0.29, 0.717) is 5.46 Å². The largest absolute Gasteiger partial charge is 0.491 e. The molecule has 9 heteroatoms. The quantitative estimate of drug-likeness (QED) is 0.377. The van der Waals surface area contributed by atoms with Gasteiger partial charge in [-0.05, 0) is 73.9 Å². The van der Waals surface area contributed by atoms with Crippen LogP contribution in [0.4, 0.5) is 5.69 Å². The molecular weight excluding hydrogens is 509 g/mol. The third-order valence-electron chi connectivity index (χ3n) is 5.56. The molecule has 3 aromatic carbocycles. The minimum Gasteiger partial charge on any atom is -0.491 e. The summed E-state index contributed by atoms with van der Waals surface area (Å²) in [5, 5.41) is 17.9. The number of hydrogen-bond donors (Lipinski definition) is 2. The Morgan fingerprint density at radius 1 is 0.943 bits per heavy atom. The molecule has 0 atom stereocenters. The molecule has 2 heterocycles. The first kappa shape index (κ1) is 25.3. The van der Waals surface area contributed by atoms with Crippen LogP contribution < -0.4 is 15.1 Å². The van der Waals surface area contributed by atoms with Crippen LogP contribution in [-0.4, -0.2) is 59.1 Å². The van der Waals surface area contributed by atoms with E-state index in [1.54, 1.807) is 12.1 Å². The van der Waals surface area contributed by atoms with E-state index in [1.165, 1.54) is 0 Å². The molecule has 1 aromatic heterocycles. The summed E-state index contributed by atoms with van der Waals surface area (Å²) in [6.45, 7) is 7.33. The Hall–Kier alpha value is -2.85. The zero-order valence-electron chi connectivity index (χ0n) is 19.8. The molecule has 0 saturated carbocycles. The van der Waals surface area contributed by atoms with Gasteiger partial charge in [0.25, 0.3) is 0 Å². The van der Waals surface area contributed by atoms with Gasteiger partial charge in [-0.1, -0.05) is 28.1 Å². The van der Waals surface area contributed by atoms with Crippen molar-refractivity contribution in [2.45, 2.75) is 20.0 Å². The van der Waals surface area contributed by atoms with E-state index in [0.717, 1.165) is 58.9 Å². The second-order valence-electron chi connectivity index (χ2n) is 8.47. The number of nitrogens with zero attached hydrogens (tertiary/aromatic N) is 3. The maximum atomic E-state index is 8.95. The summed E-state index contributed by atoms with van der Waals surface area (Å²) in [5.74, 6) is 0.884. The van der Waals surface area contributed by atoms with Gasteiger partial charge in [0.1, 0.15) is 12.1 Å². The molecule has 1 fully saturated rings. The van der Waals surface area contributed by atoms with E-state index >= 15 is 0 Å². The SMILES string of the molecule is CC(C)Oc1ccc(-n2cnc3ccc(Br)cc32)cc1.OB(O)c1ccc(N2CCOCC2)cc1. The van der Waals surface area contributed by atoms with E-state index in [1.807, 2.05) is 68.7 Å². The zero-order chi connectivity index (χ0) is 24.8. The third-order valence-corrected chi connectivity index (χ3v) is 6.06. The van der Waals surface area contributed by atoms with Crippen molar-refractivity contribution < 1.29 is 19.5 Å². The smallest absolute Gasteiger partial charge is 0.488 e. The van der Waals surface area contributed by atoms with Crippen molar-refractivity contribution >= 4 is 45.2 Å². The lowest BCUT2D eigenvalue weighted by atomic mass is 9.80. The molecule has 2 N–H and O–H groups in total. The minimum absolute atomic E-state index is 0.186. The Labute approximate surface area is 214 Å². The fourth-order valence-corrected chi connectivity index (χ4v) is 4.17. The van der Waals surface area contributed by atoms with Gasteiger partial charge in [-0.2, -0.15) is 0 Å². The number of fused-ring (bicyclic) bond motifs is 1. The molecule has 182 valence electrons. The highest BCUT2D eigenvalue weighted by Gasteiger charge is 2.13. The van der Waals surface area contributed by atoms with Crippen LogP contribution in [0.25, 0.3) is 16.7 Å². The molecule has 0 amide bonds. The summed E-state index contributed by atoms with van der Waals surface area (Å²) in [5.41, 5.74) is 4.75. The highest BCUT2D eigenvalue weighted by Crippen LogP contribution is 2.23. The van der Waals surface area contributed by atoms with Crippen LogP contribution >= 0.6 is 15.9 Å². The molecule has 4 aromatic rings. The Balaban J connectivity index is 0.000000172. The molecule has 0 bridgehead atoms. The summed E-state index contributed by atoms with van der Waals surface area (Å²) in [6, 6.07) is 21.4. The van der Waals surface area contributed by atoms with Gasteiger partial charge in [0, 0.05) is 28.9 Å². The lowest BCUT2D eigenvalue weighted by Crippen LogP contribution is -2.36. The average Bonchev–Trinajstić information content (AvgIpc) is 3.28. The third kappa shape index (κ3) is 6.64. The Morgan fingerprint density at radius 2 is 1.60 bits per heavy atom. The van der Waals surface area contributed by atoms with Crippen LogP contribution in [-0.2, 0) is 4.74 Å². The van der Waals surface area contributed by atoms with Crippen molar-refractivity contribution in [3.63, 3.8) is 0 Å². The minimum atomic E-state index is -1.39. The first-order valence-electron chi connectivity index (χ1n) is 11.6. The van der Waals surface area contributed by atoms with Crippen LogP contribution in [0, 0.1) is 0 Å². The summed E-state index contributed by atoms with van der Waals surface area (Å²) >= 11 is 3.50. The molecular formula is C26H29BBrN3O4. The standard InChI is InChI=1S/C16H15BrN2O.C10H14BNO3/c1-11(2)20-14-6-4-13(5-7-14)19-10-18-15-8-3-12(17)9-16(15)19;13-11(14)9-1-3-10(4-2-9)12-5-7-15-8-6-12/h3-11H,1-2H3;1-4,13-14H,5-8H2. The molecule has 0 unspecified atom stereocenters. The van der Waals surface area contributed by atoms with Crippen molar-refractivity contribution in [1.29, 1.82) is 0 Å². The van der Waals surface area contributed by atoms with Gasteiger partial charge in [0.15, 0.2) is 0 Å². The van der Waals surface area contributed by atoms with E-state index in [-0.39, 0.29) is 6.10 Å². The van der Waals surface area contributed by atoms with Crippen molar-refractivity contribution in [3.05, 3.63) is 77.5 Å². The van der Waals surface area contributed by atoms with E-state index in [4.69, 9.17) is 19.5 Å². The van der Waals surface area contributed by atoms with Crippen LogP contribution in [0.15, 0.2) is 77.5 Å². The fourth-order valence-electron chi connectivity index (χ4n) is 3.82. The monoisotopic (exact) mass is 537 g/mol. The molecule has 1 saturated heterocycles. The molecule has 0 radical (unpaired) electrons. The highest BCUT2D eigenvalue weighted by atomic mass is 79.9. The molecule has 5 rings (SSSR count). The summed E-state index contributed by atoms with van der Waals surface area (Å²) in [6.07, 6.45) is 2.03. The number of morpholine rings is 1. The molecule has 0 spiro atoms. The summed E-state index contributed by atoms with van der Waals surface area (Å²) in [7, 11) is -1.39. The maximum absolute atomic E-state index is 8.95. The van der Waals surface area contributed by atoms with Gasteiger partial charge >= 0.3 is 7.12 Å². The Bertz CT molecular complexity index is 1220.